The number of amides is 1. The van der Waals surface area contributed by atoms with Crippen molar-refractivity contribution in [1.82, 2.24) is 4.98 Å². The number of nitrogens with zero attached hydrogens (tertiary/aromatic N) is 1. The van der Waals surface area contributed by atoms with Crippen LogP contribution in [-0.4, -0.2) is 24.6 Å². The maximum atomic E-state index is 12.5. The Morgan fingerprint density at radius 2 is 2.20 bits per heavy atom. The van der Waals surface area contributed by atoms with Crippen LogP contribution < -0.4 is 14.8 Å². The second-order valence-corrected chi connectivity index (χ2v) is 4.88. The normalized spacial score (nSPS) is 22.1. The maximum Gasteiger partial charge on any atom is 0.244 e. The Balaban J connectivity index is 2.00. The number of benzene rings is 1. The van der Waals surface area contributed by atoms with Crippen LogP contribution in [0.15, 0.2) is 36.5 Å². The number of para-hydroxylation sites is 1. The molecule has 0 saturated heterocycles. The van der Waals surface area contributed by atoms with Crippen molar-refractivity contribution in [1.29, 1.82) is 0 Å². The first kappa shape index (κ1) is 11.3. The Kier molecular flexibility index (Phi) is 2.10. The highest BCUT2D eigenvalue weighted by Crippen LogP contribution is 2.51. The Bertz CT molecular complexity index is 729. The van der Waals surface area contributed by atoms with Gasteiger partial charge in [0.05, 0.1) is 7.11 Å². The molecule has 0 fully saturated rings. The lowest BCUT2D eigenvalue weighted by Crippen LogP contribution is -2.37. The lowest BCUT2D eigenvalue weighted by atomic mass is 9.80. The minimum atomic E-state index is -0.861. The third-order valence-corrected chi connectivity index (χ3v) is 3.95. The SMILES string of the molecule is COc1ccnc2c1OCC21C(=O)Nc2ccccc21. The summed E-state index contributed by atoms with van der Waals surface area (Å²) in [5.74, 6) is 1.06. The molecule has 1 aromatic heterocycles. The average molecular weight is 268 g/mol. The average Bonchev–Trinajstić information content (AvgIpc) is 3.00. The molecule has 0 aliphatic carbocycles. The lowest BCUT2D eigenvalue weighted by molar-refractivity contribution is -0.119. The fourth-order valence-corrected chi connectivity index (χ4v) is 2.98. The fourth-order valence-electron chi connectivity index (χ4n) is 2.98. The van der Waals surface area contributed by atoms with Gasteiger partial charge in [-0.3, -0.25) is 9.78 Å². The van der Waals surface area contributed by atoms with Crippen LogP contribution >= 0.6 is 0 Å². The van der Waals surface area contributed by atoms with E-state index in [4.69, 9.17) is 9.47 Å². The smallest absolute Gasteiger partial charge is 0.244 e. The van der Waals surface area contributed by atoms with Gasteiger partial charge in [-0.25, -0.2) is 0 Å². The van der Waals surface area contributed by atoms with E-state index >= 15 is 0 Å². The molecule has 2 aliphatic heterocycles. The van der Waals surface area contributed by atoms with Gasteiger partial charge in [-0.05, 0) is 6.07 Å². The predicted molar refractivity (Wildman–Crippen MR) is 72.1 cm³/mol. The number of carbonyl (C=O) groups excluding carboxylic acids is 1. The summed E-state index contributed by atoms with van der Waals surface area (Å²) >= 11 is 0. The highest BCUT2D eigenvalue weighted by atomic mass is 16.5. The van der Waals surface area contributed by atoms with Crippen LogP contribution in [0, 0.1) is 0 Å². The molecule has 20 heavy (non-hydrogen) atoms. The standard InChI is InChI=1S/C15H12N2O3/c1-19-11-6-7-16-13-12(11)20-8-15(13)9-4-2-3-5-10(9)17-14(15)18/h2-7H,8H2,1H3,(H,17,18). The van der Waals surface area contributed by atoms with Gasteiger partial charge in [-0.2, -0.15) is 0 Å². The van der Waals surface area contributed by atoms with Gasteiger partial charge in [-0.15, -0.1) is 0 Å². The molecule has 100 valence electrons. The van der Waals surface area contributed by atoms with Gasteiger partial charge in [0, 0.05) is 23.5 Å². The summed E-state index contributed by atoms with van der Waals surface area (Å²) in [5, 5.41) is 2.91. The number of anilines is 1. The number of nitrogens with one attached hydrogen (secondary N) is 1. The van der Waals surface area contributed by atoms with E-state index in [0.29, 0.717) is 17.2 Å². The summed E-state index contributed by atoms with van der Waals surface area (Å²) in [7, 11) is 1.58. The van der Waals surface area contributed by atoms with Crippen LogP contribution in [0.1, 0.15) is 11.3 Å². The molecule has 3 heterocycles. The molecule has 2 aromatic rings. The van der Waals surface area contributed by atoms with Gasteiger partial charge in [0.2, 0.25) is 5.91 Å². The van der Waals surface area contributed by atoms with Crippen molar-refractivity contribution in [2.45, 2.75) is 5.41 Å². The molecule has 1 spiro atoms. The van der Waals surface area contributed by atoms with Crippen LogP contribution in [0.3, 0.4) is 0 Å². The van der Waals surface area contributed by atoms with E-state index in [-0.39, 0.29) is 12.5 Å². The first-order valence-electron chi connectivity index (χ1n) is 6.34. The number of fused-ring (bicyclic) bond motifs is 4. The van der Waals surface area contributed by atoms with Crippen molar-refractivity contribution in [2.24, 2.45) is 0 Å². The third-order valence-electron chi connectivity index (χ3n) is 3.95. The highest BCUT2D eigenvalue weighted by Gasteiger charge is 2.55. The summed E-state index contributed by atoms with van der Waals surface area (Å²) in [6, 6.07) is 9.37. The number of ether oxygens (including phenoxy) is 2. The number of hydrogen-bond acceptors (Lipinski definition) is 4. The van der Waals surface area contributed by atoms with Crippen molar-refractivity contribution in [2.75, 3.05) is 19.0 Å². The monoisotopic (exact) mass is 268 g/mol. The molecular formula is C15H12N2O3. The second-order valence-electron chi connectivity index (χ2n) is 4.88. The molecule has 1 unspecified atom stereocenters. The van der Waals surface area contributed by atoms with Crippen molar-refractivity contribution >= 4 is 11.6 Å². The summed E-state index contributed by atoms with van der Waals surface area (Å²) in [6.45, 7) is 0.249. The first-order chi connectivity index (χ1) is 9.77. The molecule has 1 atom stereocenters. The molecule has 5 heteroatoms. The van der Waals surface area contributed by atoms with E-state index in [1.165, 1.54) is 0 Å². The maximum absolute atomic E-state index is 12.5. The largest absolute Gasteiger partial charge is 0.493 e. The van der Waals surface area contributed by atoms with E-state index in [1.807, 2.05) is 24.3 Å². The minimum Gasteiger partial charge on any atom is -0.493 e. The van der Waals surface area contributed by atoms with Crippen molar-refractivity contribution in [3.63, 3.8) is 0 Å². The van der Waals surface area contributed by atoms with Crippen molar-refractivity contribution in [3.8, 4) is 11.5 Å². The third kappa shape index (κ3) is 1.17. The second kappa shape index (κ2) is 3.72. The summed E-state index contributed by atoms with van der Waals surface area (Å²) in [5.41, 5.74) is 1.49. The Morgan fingerprint density at radius 1 is 1.35 bits per heavy atom. The van der Waals surface area contributed by atoms with E-state index in [0.717, 1.165) is 11.3 Å². The Hall–Kier alpha value is -2.56. The van der Waals surface area contributed by atoms with E-state index in [1.54, 1.807) is 19.4 Å². The van der Waals surface area contributed by atoms with Crippen LogP contribution in [0.2, 0.25) is 0 Å². The zero-order valence-electron chi connectivity index (χ0n) is 10.8. The molecule has 2 aliphatic rings. The zero-order valence-corrected chi connectivity index (χ0v) is 10.8. The molecule has 1 amide bonds. The number of hydrogen-bond donors (Lipinski definition) is 1. The summed E-state index contributed by atoms with van der Waals surface area (Å²) in [4.78, 5) is 16.9. The van der Waals surface area contributed by atoms with Crippen LogP contribution in [0.5, 0.6) is 11.5 Å². The number of pyridine rings is 1. The number of carbonyl (C=O) groups is 1. The Morgan fingerprint density at radius 3 is 3.05 bits per heavy atom. The van der Waals surface area contributed by atoms with Crippen molar-refractivity contribution in [3.05, 3.63) is 47.8 Å². The van der Waals surface area contributed by atoms with Crippen molar-refractivity contribution < 1.29 is 14.3 Å². The predicted octanol–water partition coefficient (Wildman–Crippen LogP) is 1.72. The molecule has 1 N–H and O–H groups in total. The Labute approximate surface area is 115 Å². The number of methoxy groups -OCH3 is 1. The van der Waals surface area contributed by atoms with Crippen LogP contribution in [0.25, 0.3) is 0 Å². The van der Waals surface area contributed by atoms with Gasteiger partial charge in [0.25, 0.3) is 0 Å². The molecule has 0 radical (unpaired) electrons. The molecule has 0 bridgehead atoms. The van der Waals surface area contributed by atoms with Gasteiger partial charge in [0.15, 0.2) is 16.9 Å². The number of aromatic nitrogens is 1. The quantitative estimate of drug-likeness (QED) is 0.855. The van der Waals surface area contributed by atoms with E-state index in [2.05, 4.69) is 10.3 Å². The summed E-state index contributed by atoms with van der Waals surface area (Å²) in [6.07, 6.45) is 1.64. The molecule has 5 nitrogen and oxygen atoms in total. The minimum absolute atomic E-state index is 0.0989. The van der Waals surface area contributed by atoms with Gasteiger partial charge in [0.1, 0.15) is 12.3 Å². The lowest BCUT2D eigenvalue weighted by Gasteiger charge is -2.18. The molecule has 0 saturated carbocycles. The molecule has 1 aromatic carbocycles. The highest BCUT2D eigenvalue weighted by molar-refractivity contribution is 6.09. The van der Waals surface area contributed by atoms with Gasteiger partial charge < -0.3 is 14.8 Å². The first-order valence-corrected chi connectivity index (χ1v) is 6.34. The topological polar surface area (TPSA) is 60.5 Å². The molecular weight excluding hydrogens is 256 g/mol. The fraction of sp³-hybridized carbons (Fsp3) is 0.200. The van der Waals surface area contributed by atoms with Gasteiger partial charge in [-0.1, -0.05) is 18.2 Å². The van der Waals surface area contributed by atoms with Crippen LogP contribution in [0.4, 0.5) is 5.69 Å². The van der Waals surface area contributed by atoms with Crippen LogP contribution in [-0.2, 0) is 10.2 Å². The number of rotatable bonds is 1. The van der Waals surface area contributed by atoms with E-state index < -0.39 is 5.41 Å². The summed E-state index contributed by atoms with van der Waals surface area (Å²) < 4.78 is 11.0. The van der Waals surface area contributed by atoms with Gasteiger partial charge >= 0.3 is 0 Å². The van der Waals surface area contributed by atoms with E-state index in [9.17, 15) is 4.79 Å². The zero-order chi connectivity index (χ0) is 13.7. The molecule has 4 rings (SSSR count).